The second kappa shape index (κ2) is 3.53. The molecule has 0 aliphatic heterocycles. The normalized spacial score (nSPS) is 10.2. The van der Waals surface area contributed by atoms with Gasteiger partial charge in [-0.3, -0.25) is 9.36 Å². The number of pyridine rings is 1. The summed E-state index contributed by atoms with van der Waals surface area (Å²) < 4.78 is 1.82. The minimum Gasteiger partial charge on any atom is -0.366 e. The summed E-state index contributed by atoms with van der Waals surface area (Å²) >= 11 is 0. The number of carbonyl (C=O) groups is 1. The Labute approximate surface area is 86.6 Å². The van der Waals surface area contributed by atoms with Crippen LogP contribution in [0.3, 0.4) is 0 Å². The van der Waals surface area contributed by atoms with Gasteiger partial charge in [0.25, 0.3) is 0 Å². The zero-order valence-electron chi connectivity index (χ0n) is 8.21. The summed E-state index contributed by atoms with van der Waals surface area (Å²) in [5.41, 5.74) is 5.51. The van der Waals surface area contributed by atoms with Crippen LogP contribution in [0.5, 0.6) is 0 Å². The average Bonchev–Trinajstić information content (AvgIpc) is 2.65. The minimum atomic E-state index is -0.476. The lowest BCUT2D eigenvalue weighted by Gasteiger charge is -2.03. The highest BCUT2D eigenvalue weighted by Crippen LogP contribution is 2.07. The topological polar surface area (TPSA) is 73.8 Å². The van der Waals surface area contributed by atoms with E-state index in [-0.39, 0.29) is 0 Å². The van der Waals surface area contributed by atoms with E-state index in [1.54, 1.807) is 18.3 Å². The first-order valence-corrected chi connectivity index (χ1v) is 4.44. The van der Waals surface area contributed by atoms with Crippen molar-refractivity contribution in [3.05, 3.63) is 42.1 Å². The predicted octanol–water partition coefficient (Wildman–Crippen LogP) is 0.675. The second-order valence-electron chi connectivity index (χ2n) is 3.11. The van der Waals surface area contributed by atoms with Crippen molar-refractivity contribution in [3.63, 3.8) is 0 Å². The standard InChI is InChI=1S/C10H10N4O/c1-7-12-4-5-14(7)9-3-2-8(6-13-9)10(11)15/h2-6H,1H3,(H2,11,15). The van der Waals surface area contributed by atoms with Gasteiger partial charge >= 0.3 is 0 Å². The summed E-state index contributed by atoms with van der Waals surface area (Å²) in [6, 6.07) is 3.37. The fourth-order valence-electron chi connectivity index (χ4n) is 1.29. The lowest BCUT2D eigenvalue weighted by Crippen LogP contribution is -2.11. The van der Waals surface area contributed by atoms with Crippen LogP contribution in [0.4, 0.5) is 0 Å². The molecular weight excluding hydrogens is 192 g/mol. The molecule has 0 unspecified atom stereocenters. The van der Waals surface area contributed by atoms with E-state index < -0.39 is 5.91 Å². The number of imidazole rings is 1. The zero-order chi connectivity index (χ0) is 10.8. The van der Waals surface area contributed by atoms with Gasteiger partial charge in [-0.2, -0.15) is 0 Å². The molecule has 0 aromatic carbocycles. The van der Waals surface area contributed by atoms with Gasteiger partial charge in [-0.25, -0.2) is 9.97 Å². The Morgan fingerprint density at radius 1 is 1.40 bits per heavy atom. The largest absolute Gasteiger partial charge is 0.366 e. The molecule has 2 heterocycles. The van der Waals surface area contributed by atoms with Gasteiger partial charge in [0.1, 0.15) is 11.6 Å². The summed E-state index contributed by atoms with van der Waals surface area (Å²) in [5, 5.41) is 0. The summed E-state index contributed by atoms with van der Waals surface area (Å²) in [7, 11) is 0. The van der Waals surface area contributed by atoms with Crippen molar-refractivity contribution in [1.82, 2.24) is 14.5 Å². The number of amides is 1. The molecule has 0 radical (unpaired) electrons. The third-order valence-corrected chi connectivity index (χ3v) is 2.10. The van der Waals surface area contributed by atoms with Crippen molar-refractivity contribution in [2.75, 3.05) is 0 Å². The highest BCUT2D eigenvalue weighted by Gasteiger charge is 2.03. The highest BCUT2D eigenvalue weighted by molar-refractivity contribution is 5.92. The zero-order valence-corrected chi connectivity index (χ0v) is 8.21. The van der Waals surface area contributed by atoms with E-state index in [4.69, 9.17) is 5.73 Å². The molecule has 0 saturated heterocycles. The number of primary amides is 1. The van der Waals surface area contributed by atoms with Crippen LogP contribution >= 0.6 is 0 Å². The van der Waals surface area contributed by atoms with Crippen LogP contribution in [-0.4, -0.2) is 20.4 Å². The number of aryl methyl sites for hydroxylation is 1. The molecule has 0 bridgehead atoms. The predicted molar refractivity (Wildman–Crippen MR) is 54.6 cm³/mol. The van der Waals surface area contributed by atoms with E-state index >= 15 is 0 Å². The van der Waals surface area contributed by atoms with Crippen molar-refractivity contribution in [2.45, 2.75) is 6.92 Å². The number of hydrogen-bond acceptors (Lipinski definition) is 3. The number of aromatic nitrogens is 3. The highest BCUT2D eigenvalue weighted by atomic mass is 16.1. The first-order valence-electron chi connectivity index (χ1n) is 4.44. The van der Waals surface area contributed by atoms with Gasteiger partial charge < -0.3 is 5.73 Å². The second-order valence-corrected chi connectivity index (χ2v) is 3.11. The number of nitrogens with zero attached hydrogens (tertiary/aromatic N) is 3. The summed E-state index contributed by atoms with van der Waals surface area (Å²) in [4.78, 5) is 19.0. The minimum absolute atomic E-state index is 0.400. The van der Waals surface area contributed by atoms with Crippen LogP contribution < -0.4 is 5.73 Å². The van der Waals surface area contributed by atoms with E-state index in [0.29, 0.717) is 5.56 Å². The molecule has 0 atom stereocenters. The van der Waals surface area contributed by atoms with E-state index in [2.05, 4.69) is 9.97 Å². The van der Waals surface area contributed by atoms with Crippen LogP contribution in [0.2, 0.25) is 0 Å². The van der Waals surface area contributed by atoms with Gasteiger partial charge in [0.05, 0.1) is 5.56 Å². The Morgan fingerprint density at radius 2 is 2.20 bits per heavy atom. The van der Waals surface area contributed by atoms with Gasteiger partial charge in [-0.1, -0.05) is 0 Å². The van der Waals surface area contributed by atoms with Crippen LogP contribution in [0.15, 0.2) is 30.7 Å². The molecule has 76 valence electrons. The van der Waals surface area contributed by atoms with Gasteiger partial charge in [-0.05, 0) is 19.1 Å². The molecule has 2 rings (SSSR count). The Hall–Kier alpha value is -2.17. The monoisotopic (exact) mass is 202 g/mol. The SMILES string of the molecule is Cc1nccn1-c1ccc(C(N)=O)cn1. The van der Waals surface area contributed by atoms with Crippen molar-refractivity contribution >= 4 is 5.91 Å². The lowest BCUT2D eigenvalue weighted by molar-refractivity contribution is 0.1000. The fraction of sp³-hybridized carbons (Fsp3) is 0.100. The molecule has 0 saturated carbocycles. The molecule has 0 spiro atoms. The van der Waals surface area contributed by atoms with Crippen molar-refractivity contribution in [2.24, 2.45) is 5.73 Å². The first kappa shape index (κ1) is 9.39. The Morgan fingerprint density at radius 3 is 2.67 bits per heavy atom. The van der Waals surface area contributed by atoms with Crippen molar-refractivity contribution in [3.8, 4) is 5.82 Å². The maximum absolute atomic E-state index is 10.8. The Balaban J connectivity index is 2.40. The molecule has 2 N–H and O–H groups in total. The van der Waals surface area contributed by atoms with E-state index in [0.717, 1.165) is 11.6 Å². The maximum atomic E-state index is 10.8. The van der Waals surface area contributed by atoms with Gasteiger partial charge in [0, 0.05) is 18.6 Å². The summed E-state index contributed by atoms with van der Waals surface area (Å²) in [6.45, 7) is 1.88. The van der Waals surface area contributed by atoms with Crippen LogP contribution in [-0.2, 0) is 0 Å². The van der Waals surface area contributed by atoms with Crippen molar-refractivity contribution < 1.29 is 4.79 Å². The summed E-state index contributed by atoms with van der Waals surface area (Å²) in [6.07, 6.45) is 4.96. The number of nitrogens with two attached hydrogens (primary N) is 1. The van der Waals surface area contributed by atoms with Crippen molar-refractivity contribution in [1.29, 1.82) is 0 Å². The quantitative estimate of drug-likeness (QED) is 0.778. The van der Waals surface area contributed by atoms with Gasteiger partial charge in [-0.15, -0.1) is 0 Å². The molecule has 0 aliphatic carbocycles. The number of hydrogen-bond donors (Lipinski definition) is 1. The molecule has 15 heavy (non-hydrogen) atoms. The first-order chi connectivity index (χ1) is 7.18. The Kier molecular flexibility index (Phi) is 2.21. The van der Waals surface area contributed by atoms with Crippen LogP contribution in [0, 0.1) is 6.92 Å². The van der Waals surface area contributed by atoms with E-state index in [1.807, 2.05) is 17.7 Å². The molecule has 2 aromatic rings. The third-order valence-electron chi connectivity index (χ3n) is 2.10. The smallest absolute Gasteiger partial charge is 0.250 e. The summed E-state index contributed by atoms with van der Waals surface area (Å²) in [5.74, 6) is 1.08. The average molecular weight is 202 g/mol. The molecule has 0 aliphatic rings. The molecule has 1 amide bonds. The fourth-order valence-corrected chi connectivity index (χ4v) is 1.29. The molecule has 0 fully saturated rings. The Bertz CT molecular complexity index is 486. The third kappa shape index (κ3) is 1.71. The van der Waals surface area contributed by atoms with Gasteiger partial charge in [0.2, 0.25) is 5.91 Å². The maximum Gasteiger partial charge on any atom is 0.250 e. The number of rotatable bonds is 2. The van der Waals surface area contributed by atoms with Crippen LogP contribution in [0.25, 0.3) is 5.82 Å². The molecule has 2 aromatic heterocycles. The van der Waals surface area contributed by atoms with E-state index in [1.165, 1.54) is 6.20 Å². The molecule has 5 nitrogen and oxygen atoms in total. The van der Waals surface area contributed by atoms with E-state index in [9.17, 15) is 4.79 Å². The number of carbonyl (C=O) groups excluding carboxylic acids is 1. The lowest BCUT2D eigenvalue weighted by atomic mass is 10.3. The van der Waals surface area contributed by atoms with Crippen LogP contribution in [0.1, 0.15) is 16.2 Å². The molecule has 5 heteroatoms. The van der Waals surface area contributed by atoms with Gasteiger partial charge in [0.15, 0.2) is 0 Å². The molecular formula is C10H10N4O.